The van der Waals surface area contributed by atoms with Crippen molar-refractivity contribution < 1.29 is 13.2 Å². The molecule has 0 spiro atoms. The second-order valence-electron chi connectivity index (χ2n) is 6.42. The predicted molar refractivity (Wildman–Crippen MR) is 102 cm³/mol. The highest BCUT2D eigenvalue weighted by Gasteiger charge is 2.21. The minimum Gasteiger partial charge on any atom is -0.375 e. The van der Waals surface area contributed by atoms with E-state index in [0.717, 1.165) is 18.4 Å². The molecule has 0 aliphatic heterocycles. The molecule has 25 heavy (non-hydrogen) atoms. The maximum absolute atomic E-state index is 11.4. The minimum absolute atomic E-state index is 0.320. The molecule has 1 aromatic rings. The predicted octanol–water partition coefficient (Wildman–Crippen LogP) is 1.09. The Morgan fingerprint density at radius 3 is 2.48 bits per heavy atom. The quantitative estimate of drug-likeness (QED) is 0.326. The van der Waals surface area contributed by atoms with E-state index in [1.54, 1.807) is 13.8 Å². The SMILES string of the molecule is CCNC(=NCC(C)(C)NS(C)(=O)=O)NCCOCc1ccccc1. The molecule has 0 unspecified atom stereocenters. The molecule has 0 saturated carbocycles. The van der Waals surface area contributed by atoms with Crippen molar-refractivity contribution in [2.75, 3.05) is 32.5 Å². The molecule has 8 heteroatoms. The van der Waals surface area contributed by atoms with Crippen LogP contribution in [0.25, 0.3) is 0 Å². The number of hydrogen-bond acceptors (Lipinski definition) is 4. The first-order valence-electron chi connectivity index (χ1n) is 8.34. The van der Waals surface area contributed by atoms with Crippen LogP contribution < -0.4 is 15.4 Å². The molecule has 0 aromatic heterocycles. The van der Waals surface area contributed by atoms with Crippen molar-refractivity contribution in [2.24, 2.45) is 4.99 Å². The van der Waals surface area contributed by atoms with Gasteiger partial charge in [0, 0.05) is 18.6 Å². The fourth-order valence-electron chi connectivity index (χ4n) is 2.16. The Morgan fingerprint density at radius 1 is 1.20 bits per heavy atom. The Bertz CT molecular complexity index is 631. The molecule has 0 bridgehead atoms. The summed E-state index contributed by atoms with van der Waals surface area (Å²) in [6.07, 6.45) is 1.14. The third-order valence-corrected chi connectivity index (χ3v) is 4.01. The topological polar surface area (TPSA) is 91.8 Å². The molecule has 3 N–H and O–H groups in total. The number of rotatable bonds is 10. The Balaban J connectivity index is 2.40. The molecule has 0 amide bonds. The Morgan fingerprint density at radius 2 is 1.88 bits per heavy atom. The van der Waals surface area contributed by atoms with Crippen molar-refractivity contribution >= 4 is 16.0 Å². The highest BCUT2D eigenvalue weighted by Crippen LogP contribution is 2.04. The molecule has 0 fully saturated rings. The number of hydrogen-bond donors (Lipinski definition) is 3. The number of nitrogens with one attached hydrogen (secondary N) is 3. The lowest BCUT2D eigenvalue weighted by atomic mass is 10.1. The summed E-state index contributed by atoms with van der Waals surface area (Å²) in [7, 11) is -3.27. The molecular weight excluding hydrogens is 340 g/mol. The fourth-order valence-corrected chi connectivity index (χ4v) is 3.23. The standard InChI is InChI=1S/C17H30N4O3S/c1-5-18-16(20-14-17(2,3)21-25(4,22)23)19-11-12-24-13-15-9-7-6-8-10-15/h6-10,21H,5,11-14H2,1-4H3,(H2,18,19,20). The minimum atomic E-state index is -3.27. The van der Waals surface area contributed by atoms with Crippen LogP contribution in [0.3, 0.4) is 0 Å². The second kappa shape index (κ2) is 10.4. The number of ether oxygens (including phenoxy) is 1. The van der Waals surface area contributed by atoms with Crippen molar-refractivity contribution in [2.45, 2.75) is 32.9 Å². The van der Waals surface area contributed by atoms with E-state index in [0.29, 0.717) is 32.3 Å². The Hall–Kier alpha value is -1.64. The zero-order valence-electron chi connectivity index (χ0n) is 15.5. The first-order valence-corrected chi connectivity index (χ1v) is 10.2. The monoisotopic (exact) mass is 370 g/mol. The van der Waals surface area contributed by atoms with Crippen molar-refractivity contribution in [1.29, 1.82) is 0 Å². The molecule has 0 aliphatic carbocycles. The van der Waals surface area contributed by atoms with E-state index in [-0.39, 0.29) is 0 Å². The van der Waals surface area contributed by atoms with E-state index in [4.69, 9.17) is 4.74 Å². The Kier molecular flexibility index (Phi) is 8.88. The molecule has 7 nitrogen and oxygen atoms in total. The van der Waals surface area contributed by atoms with Gasteiger partial charge in [-0.05, 0) is 26.3 Å². The zero-order valence-corrected chi connectivity index (χ0v) is 16.3. The van der Waals surface area contributed by atoms with Crippen LogP contribution in [0.2, 0.25) is 0 Å². The molecule has 1 aromatic carbocycles. The lowest BCUT2D eigenvalue weighted by Crippen LogP contribution is -2.47. The molecule has 0 atom stereocenters. The van der Waals surface area contributed by atoms with Gasteiger partial charge in [0.2, 0.25) is 10.0 Å². The van der Waals surface area contributed by atoms with Gasteiger partial charge in [0.1, 0.15) is 0 Å². The van der Waals surface area contributed by atoms with Crippen molar-refractivity contribution in [1.82, 2.24) is 15.4 Å². The van der Waals surface area contributed by atoms with Crippen molar-refractivity contribution in [3.8, 4) is 0 Å². The third kappa shape index (κ3) is 10.8. The molecule has 142 valence electrons. The lowest BCUT2D eigenvalue weighted by molar-refractivity contribution is 0.125. The van der Waals surface area contributed by atoms with E-state index >= 15 is 0 Å². The highest BCUT2D eigenvalue weighted by molar-refractivity contribution is 7.88. The largest absolute Gasteiger partial charge is 0.375 e. The van der Waals surface area contributed by atoms with Crippen LogP contribution in [0, 0.1) is 0 Å². The highest BCUT2D eigenvalue weighted by atomic mass is 32.2. The van der Waals surface area contributed by atoms with E-state index in [9.17, 15) is 8.42 Å². The van der Waals surface area contributed by atoms with Crippen LogP contribution in [-0.2, 0) is 21.4 Å². The Labute approximate surface area is 151 Å². The van der Waals surface area contributed by atoms with Crippen LogP contribution in [0.5, 0.6) is 0 Å². The third-order valence-electron chi connectivity index (χ3n) is 3.09. The summed E-state index contributed by atoms with van der Waals surface area (Å²) in [5, 5.41) is 6.31. The van der Waals surface area contributed by atoms with Gasteiger partial charge >= 0.3 is 0 Å². The number of guanidine groups is 1. The summed E-state index contributed by atoms with van der Waals surface area (Å²) in [5.74, 6) is 0.634. The fraction of sp³-hybridized carbons (Fsp3) is 0.588. The average Bonchev–Trinajstić information content (AvgIpc) is 2.51. The van der Waals surface area contributed by atoms with Gasteiger partial charge in [-0.15, -0.1) is 0 Å². The summed E-state index contributed by atoms with van der Waals surface area (Å²) in [5.41, 5.74) is 0.483. The van der Waals surface area contributed by atoms with Gasteiger partial charge in [0.25, 0.3) is 0 Å². The lowest BCUT2D eigenvalue weighted by Gasteiger charge is -2.23. The first-order chi connectivity index (χ1) is 11.7. The number of nitrogens with zero attached hydrogens (tertiary/aromatic N) is 1. The summed E-state index contributed by atoms with van der Waals surface area (Å²) in [6.45, 7) is 8.33. The molecule has 0 heterocycles. The van der Waals surface area contributed by atoms with E-state index in [1.807, 2.05) is 37.3 Å². The smallest absolute Gasteiger partial charge is 0.209 e. The maximum atomic E-state index is 11.4. The zero-order chi connectivity index (χ0) is 18.8. The number of benzene rings is 1. The van der Waals surface area contributed by atoms with Gasteiger partial charge in [0.15, 0.2) is 5.96 Å². The molecule has 0 radical (unpaired) electrons. The summed E-state index contributed by atoms with van der Waals surface area (Å²) in [4.78, 5) is 4.44. The van der Waals surface area contributed by atoms with Crippen molar-refractivity contribution in [3.63, 3.8) is 0 Å². The summed E-state index contributed by atoms with van der Waals surface area (Å²) < 4.78 is 30.9. The van der Waals surface area contributed by atoms with E-state index in [2.05, 4.69) is 20.3 Å². The maximum Gasteiger partial charge on any atom is 0.209 e. The van der Waals surface area contributed by atoms with Gasteiger partial charge in [-0.1, -0.05) is 30.3 Å². The molecular formula is C17H30N4O3S. The van der Waals surface area contributed by atoms with Crippen LogP contribution >= 0.6 is 0 Å². The van der Waals surface area contributed by atoms with Gasteiger partial charge < -0.3 is 15.4 Å². The molecule has 0 saturated heterocycles. The average molecular weight is 371 g/mol. The second-order valence-corrected chi connectivity index (χ2v) is 8.17. The van der Waals surface area contributed by atoms with Crippen LogP contribution in [-0.4, -0.2) is 52.4 Å². The summed E-state index contributed by atoms with van der Waals surface area (Å²) >= 11 is 0. The van der Waals surface area contributed by atoms with Gasteiger partial charge in [-0.25, -0.2) is 13.1 Å². The first kappa shape index (κ1) is 21.4. The normalized spacial score (nSPS) is 12.9. The van der Waals surface area contributed by atoms with Crippen LogP contribution in [0.4, 0.5) is 0 Å². The van der Waals surface area contributed by atoms with Crippen LogP contribution in [0.15, 0.2) is 35.3 Å². The van der Waals surface area contributed by atoms with Gasteiger partial charge in [-0.3, -0.25) is 4.99 Å². The van der Waals surface area contributed by atoms with Crippen molar-refractivity contribution in [3.05, 3.63) is 35.9 Å². The molecule has 0 aliphatic rings. The number of sulfonamides is 1. The van der Waals surface area contributed by atoms with Gasteiger partial charge in [0.05, 0.1) is 26.0 Å². The van der Waals surface area contributed by atoms with E-state index < -0.39 is 15.6 Å². The van der Waals surface area contributed by atoms with E-state index in [1.165, 1.54) is 0 Å². The van der Waals surface area contributed by atoms with Crippen LogP contribution in [0.1, 0.15) is 26.3 Å². The summed E-state index contributed by atoms with van der Waals surface area (Å²) in [6, 6.07) is 9.99. The molecule has 1 rings (SSSR count). The van der Waals surface area contributed by atoms with Gasteiger partial charge in [-0.2, -0.15) is 0 Å². The number of aliphatic imine (C=N–C) groups is 1.